The van der Waals surface area contributed by atoms with Crippen molar-refractivity contribution in [3.8, 4) is 0 Å². The topological polar surface area (TPSA) is 46.9 Å². The number of nitrogens with one attached hydrogen (secondary N) is 1. The smallest absolute Gasteiger partial charge is 0.259 e. The molecule has 0 aliphatic heterocycles. The molecule has 2 aromatic carbocycles. The first-order valence-electron chi connectivity index (χ1n) is 7.84. The molecule has 26 heavy (non-hydrogen) atoms. The van der Waals surface area contributed by atoms with Gasteiger partial charge in [0.25, 0.3) is 5.91 Å². The Morgan fingerprint density at radius 1 is 1.15 bits per heavy atom. The van der Waals surface area contributed by atoms with Crippen LogP contribution in [-0.4, -0.2) is 15.5 Å². The summed E-state index contributed by atoms with van der Waals surface area (Å²) in [6.45, 7) is 0.322. The Morgan fingerprint density at radius 2 is 2.00 bits per heavy atom. The maximum atomic E-state index is 13.8. The van der Waals surface area contributed by atoms with Crippen LogP contribution in [0.15, 0.2) is 60.2 Å². The van der Waals surface area contributed by atoms with Crippen molar-refractivity contribution in [3.63, 3.8) is 0 Å². The minimum Gasteiger partial charge on any atom is -0.342 e. The van der Waals surface area contributed by atoms with Crippen LogP contribution in [0.4, 0.5) is 13.9 Å². The first kappa shape index (κ1) is 16.4. The van der Waals surface area contributed by atoms with Crippen LogP contribution in [0.1, 0.15) is 15.9 Å². The van der Waals surface area contributed by atoms with Crippen LogP contribution in [0.3, 0.4) is 0 Å². The molecule has 2 heterocycles. The Morgan fingerprint density at radius 3 is 2.77 bits per heavy atom. The molecule has 0 saturated carbocycles. The van der Waals surface area contributed by atoms with Gasteiger partial charge in [0.15, 0.2) is 5.13 Å². The number of nitrogens with zero attached hydrogens (tertiary/aromatic N) is 2. The molecule has 0 radical (unpaired) electrons. The summed E-state index contributed by atoms with van der Waals surface area (Å²) in [6.07, 6.45) is 3.25. The number of rotatable bonds is 4. The predicted molar refractivity (Wildman–Crippen MR) is 97.5 cm³/mol. The predicted octanol–water partition coefficient (Wildman–Crippen LogP) is 4.68. The van der Waals surface area contributed by atoms with E-state index < -0.39 is 5.82 Å². The maximum absolute atomic E-state index is 13.8. The highest BCUT2D eigenvalue weighted by atomic mass is 32.1. The summed E-state index contributed by atoms with van der Waals surface area (Å²) in [5.41, 5.74) is 1.70. The molecule has 4 rings (SSSR count). The molecule has 0 aliphatic carbocycles. The fourth-order valence-electron chi connectivity index (χ4n) is 2.86. The average Bonchev–Trinajstić information content (AvgIpc) is 3.23. The van der Waals surface area contributed by atoms with Crippen LogP contribution < -0.4 is 5.32 Å². The van der Waals surface area contributed by atoms with Gasteiger partial charge in [-0.15, -0.1) is 11.3 Å². The van der Waals surface area contributed by atoms with Gasteiger partial charge >= 0.3 is 0 Å². The number of fused-ring (bicyclic) bond motifs is 1. The lowest BCUT2D eigenvalue weighted by atomic mass is 10.1. The zero-order chi connectivity index (χ0) is 18.1. The molecule has 0 atom stereocenters. The fraction of sp³-hybridized carbons (Fsp3) is 0.0526. The molecular weight excluding hydrogens is 356 g/mol. The number of halogens is 2. The van der Waals surface area contributed by atoms with Crippen molar-refractivity contribution in [1.29, 1.82) is 0 Å². The van der Waals surface area contributed by atoms with Gasteiger partial charge in [0.2, 0.25) is 0 Å². The van der Waals surface area contributed by atoms with E-state index in [0.717, 1.165) is 5.56 Å². The molecule has 1 amide bonds. The Kier molecular flexibility index (Phi) is 4.22. The number of hydrogen-bond donors (Lipinski definition) is 1. The summed E-state index contributed by atoms with van der Waals surface area (Å²) in [5, 5.41) is 5.61. The molecule has 0 unspecified atom stereocenters. The van der Waals surface area contributed by atoms with Crippen molar-refractivity contribution in [1.82, 2.24) is 9.55 Å². The Balaban J connectivity index is 1.75. The number of amides is 1. The lowest BCUT2D eigenvalue weighted by Crippen LogP contribution is -2.11. The second kappa shape index (κ2) is 6.68. The number of carbonyl (C=O) groups is 1. The van der Waals surface area contributed by atoms with E-state index in [0.29, 0.717) is 28.1 Å². The highest BCUT2D eigenvalue weighted by Gasteiger charge is 2.17. The van der Waals surface area contributed by atoms with Gasteiger partial charge in [0.05, 0.1) is 11.1 Å². The number of anilines is 1. The average molecular weight is 369 g/mol. The van der Waals surface area contributed by atoms with E-state index >= 15 is 0 Å². The van der Waals surface area contributed by atoms with Crippen LogP contribution in [0.2, 0.25) is 0 Å². The normalized spacial score (nSPS) is 11.0. The highest BCUT2D eigenvalue weighted by Crippen LogP contribution is 2.25. The number of thiazole rings is 1. The van der Waals surface area contributed by atoms with Crippen molar-refractivity contribution in [2.75, 3.05) is 5.32 Å². The molecule has 1 N–H and O–H groups in total. The third-order valence-corrected chi connectivity index (χ3v) is 4.67. The van der Waals surface area contributed by atoms with Crippen LogP contribution in [0.25, 0.3) is 10.9 Å². The van der Waals surface area contributed by atoms with Gasteiger partial charge in [0.1, 0.15) is 11.6 Å². The minimum atomic E-state index is -0.400. The summed E-state index contributed by atoms with van der Waals surface area (Å²) in [7, 11) is 0. The van der Waals surface area contributed by atoms with Crippen molar-refractivity contribution < 1.29 is 13.6 Å². The third-order valence-electron chi connectivity index (χ3n) is 3.98. The summed E-state index contributed by atoms with van der Waals surface area (Å²) in [4.78, 5) is 16.7. The lowest BCUT2D eigenvalue weighted by molar-refractivity contribution is 0.102. The van der Waals surface area contributed by atoms with Crippen molar-refractivity contribution in [2.45, 2.75) is 6.54 Å². The van der Waals surface area contributed by atoms with E-state index in [1.54, 1.807) is 40.5 Å². The first-order chi connectivity index (χ1) is 12.6. The van der Waals surface area contributed by atoms with Gasteiger partial charge in [-0.2, -0.15) is 0 Å². The molecule has 2 aromatic heterocycles. The summed E-state index contributed by atoms with van der Waals surface area (Å²) >= 11 is 1.31. The van der Waals surface area contributed by atoms with Gasteiger partial charge in [-0.05, 0) is 35.9 Å². The van der Waals surface area contributed by atoms with Crippen LogP contribution in [0, 0.1) is 11.6 Å². The van der Waals surface area contributed by atoms with E-state index in [-0.39, 0.29) is 11.7 Å². The van der Waals surface area contributed by atoms with Gasteiger partial charge in [-0.3, -0.25) is 10.1 Å². The molecule has 0 saturated heterocycles. The van der Waals surface area contributed by atoms with Crippen LogP contribution >= 0.6 is 11.3 Å². The Bertz CT molecular complexity index is 1090. The van der Waals surface area contributed by atoms with Gasteiger partial charge < -0.3 is 4.57 Å². The summed E-state index contributed by atoms with van der Waals surface area (Å²) in [5.74, 6) is -1.07. The third kappa shape index (κ3) is 3.21. The second-order valence-electron chi connectivity index (χ2n) is 5.75. The zero-order valence-corrected chi connectivity index (χ0v) is 14.3. The lowest BCUT2D eigenvalue weighted by Gasteiger charge is -2.05. The Hall–Kier alpha value is -3.06. The van der Waals surface area contributed by atoms with E-state index in [1.165, 1.54) is 35.6 Å². The summed E-state index contributed by atoms with van der Waals surface area (Å²) in [6, 6.07) is 10.4. The van der Waals surface area contributed by atoms with Crippen molar-refractivity contribution in [3.05, 3.63) is 83.0 Å². The van der Waals surface area contributed by atoms with E-state index in [1.807, 2.05) is 0 Å². The minimum absolute atomic E-state index is 0.322. The maximum Gasteiger partial charge on any atom is 0.259 e. The van der Waals surface area contributed by atoms with E-state index in [9.17, 15) is 13.6 Å². The molecule has 0 aliphatic rings. The van der Waals surface area contributed by atoms with E-state index in [4.69, 9.17) is 0 Å². The van der Waals surface area contributed by atoms with Gasteiger partial charge in [-0.1, -0.05) is 12.1 Å². The monoisotopic (exact) mass is 369 g/mol. The second-order valence-corrected chi connectivity index (χ2v) is 6.65. The van der Waals surface area contributed by atoms with E-state index in [2.05, 4.69) is 10.3 Å². The van der Waals surface area contributed by atoms with Crippen LogP contribution in [0.5, 0.6) is 0 Å². The highest BCUT2D eigenvalue weighted by molar-refractivity contribution is 7.13. The van der Waals surface area contributed by atoms with Gasteiger partial charge in [-0.25, -0.2) is 13.8 Å². The molecule has 0 bridgehead atoms. The fourth-order valence-corrected chi connectivity index (χ4v) is 3.38. The number of hydrogen-bond acceptors (Lipinski definition) is 3. The molecule has 0 spiro atoms. The Labute approximate surface area is 151 Å². The number of carbonyl (C=O) groups excluding carboxylic acids is 1. The first-order valence-corrected chi connectivity index (χ1v) is 8.72. The zero-order valence-electron chi connectivity index (χ0n) is 13.4. The largest absolute Gasteiger partial charge is 0.342 e. The van der Waals surface area contributed by atoms with Crippen molar-refractivity contribution >= 4 is 33.3 Å². The molecular formula is C19H13F2N3OS. The molecule has 4 nitrogen and oxygen atoms in total. The number of benzene rings is 2. The molecule has 0 fully saturated rings. The molecule has 130 valence electrons. The summed E-state index contributed by atoms with van der Waals surface area (Å²) < 4.78 is 28.9. The quantitative estimate of drug-likeness (QED) is 0.568. The van der Waals surface area contributed by atoms with Crippen molar-refractivity contribution in [2.24, 2.45) is 0 Å². The molecule has 4 aromatic rings. The van der Waals surface area contributed by atoms with Crippen LogP contribution in [-0.2, 0) is 6.54 Å². The SMILES string of the molecule is O=C(Nc1nccs1)c1cn(Cc2cccc(F)c2)c2cc(F)ccc12. The van der Waals surface area contributed by atoms with Gasteiger partial charge in [0, 0.05) is 29.7 Å². The standard InChI is InChI=1S/C19H13F2N3OS/c20-13-3-1-2-12(8-13)10-24-11-16(15-5-4-14(21)9-17(15)24)18(25)23-19-22-6-7-26-19/h1-9,11H,10H2,(H,22,23,25). The molecule has 7 heteroatoms. The number of aromatic nitrogens is 2.